The van der Waals surface area contributed by atoms with E-state index < -0.39 is 8.07 Å². The first kappa shape index (κ1) is 15.0. The van der Waals surface area contributed by atoms with Gasteiger partial charge in [0.05, 0.1) is 17.6 Å². The van der Waals surface area contributed by atoms with E-state index in [9.17, 15) is 0 Å². The molecule has 22 heavy (non-hydrogen) atoms. The second-order valence-corrected chi connectivity index (χ2v) is 12.4. The predicted molar refractivity (Wildman–Crippen MR) is 98.9 cm³/mol. The van der Waals surface area contributed by atoms with Gasteiger partial charge in [0.2, 0.25) is 0 Å². The molecule has 2 aromatic rings. The Morgan fingerprint density at radius 3 is 2.50 bits per heavy atom. The van der Waals surface area contributed by atoms with Crippen LogP contribution in [-0.2, 0) is 0 Å². The molecule has 0 spiro atoms. The first-order chi connectivity index (χ1) is 10.4. The maximum absolute atomic E-state index is 8.94. The van der Waals surface area contributed by atoms with Gasteiger partial charge in [-0.3, -0.25) is 0 Å². The van der Waals surface area contributed by atoms with Crippen molar-refractivity contribution in [2.75, 3.05) is 19.0 Å². The summed E-state index contributed by atoms with van der Waals surface area (Å²) in [5.74, 6) is 0. The van der Waals surface area contributed by atoms with Gasteiger partial charge in [0.1, 0.15) is 8.07 Å². The second-order valence-electron chi connectivity index (χ2n) is 5.99. The van der Waals surface area contributed by atoms with Crippen molar-refractivity contribution in [2.45, 2.75) is 13.1 Å². The number of fused-ring (bicyclic) bond motifs is 3. The van der Waals surface area contributed by atoms with Crippen LogP contribution in [0.25, 0.3) is 20.7 Å². The lowest BCUT2D eigenvalue weighted by atomic mass is 10.3. The summed E-state index contributed by atoms with van der Waals surface area (Å²) in [7, 11) is 2.50. The van der Waals surface area contributed by atoms with E-state index in [1.165, 1.54) is 25.1 Å². The van der Waals surface area contributed by atoms with E-state index in [1.807, 2.05) is 17.4 Å². The van der Waals surface area contributed by atoms with Crippen molar-refractivity contribution < 1.29 is 0 Å². The molecule has 2 aromatic heterocycles. The summed E-state index contributed by atoms with van der Waals surface area (Å²) in [6, 6.07) is 6.48. The number of hydrogen-bond donors (Lipinski definition) is 0. The van der Waals surface area contributed by atoms with Crippen molar-refractivity contribution in [3.63, 3.8) is 0 Å². The third-order valence-corrected chi connectivity index (χ3v) is 10.4. The summed E-state index contributed by atoms with van der Waals surface area (Å²) >= 11 is 3.55. The maximum atomic E-state index is 8.94. The molecular formula is C16H15N3S2Si. The fourth-order valence-corrected chi connectivity index (χ4v) is 9.78. The zero-order valence-corrected chi connectivity index (χ0v) is 15.5. The lowest BCUT2D eigenvalue weighted by molar-refractivity contribution is 1.16. The Kier molecular flexibility index (Phi) is 3.49. The van der Waals surface area contributed by atoms with E-state index in [-0.39, 0.29) is 5.70 Å². The highest BCUT2D eigenvalue weighted by molar-refractivity contribution is 7.30. The number of nitrogens with zero attached hydrogens (tertiary/aromatic N) is 3. The standard InChI is InChI=1S/C16H15N3S2Si/c1-18-10(9-17)6-11-7-12-15(20-11)16-13(22(12,4)5)8-14(21-16)19(2)3/h6-8H,2-5H3/b10-6-. The summed E-state index contributed by atoms with van der Waals surface area (Å²) in [5, 5.41) is 13.2. The van der Waals surface area contributed by atoms with Crippen LogP contribution in [0.3, 0.4) is 0 Å². The maximum Gasteiger partial charge on any atom is 0.263 e. The van der Waals surface area contributed by atoms with Gasteiger partial charge in [-0.1, -0.05) is 13.1 Å². The molecule has 6 heteroatoms. The van der Waals surface area contributed by atoms with E-state index in [1.54, 1.807) is 17.4 Å². The SMILES string of the molecule is [C-]#[N+]/C(C#N)=C\c1cc2c(s1)-c1sc(N(C)C)cc1[Si]2(C)C. The van der Waals surface area contributed by atoms with Crippen LogP contribution >= 0.6 is 22.7 Å². The topological polar surface area (TPSA) is 31.4 Å². The molecule has 0 aliphatic carbocycles. The minimum absolute atomic E-state index is 0.153. The smallest absolute Gasteiger partial charge is 0.263 e. The number of allylic oxidation sites excluding steroid dienone is 1. The highest BCUT2D eigenvalue weighted by Crippen LogP contribution is 2.41. The van der Waals surface area contributed by atoms with Crippen molar-refractivity contribution >= 4 is 52.2 Å². The van der Waals surface area contributed by atoms with E-state index in [0.29, 0.717) is 0 Å². The predicted octanol–water partition coefficient (Wildman–Crippen LogP) is 3.46. The summed E-state index contributed by atoms with van der Waals surface area (Å²) in [6.07, 6.45) is 1.71. The molecule has 0 fully saturated rings. The third-order valence-electron chi connectivity index (χ3n) is 3.98. The number of anilines is 1. The van der Waals surface area contributed by atoms with Crippen molar-refractivity contribution in [3.8, 4) is 15.8 Å². The van der Waals surface area contributed by atoms with Gasteiger partial charge in [0, 0.05) is 28.7 Å². The summed E-state index contributed by atoms with van der Waals surface area (Å²) < 4.78 is 0. The van der Waals surface area contributed by atoms with Crippen LogP contribution in [0.15, 0.2) is 17.8 Å². The van der Waals surface area contributed by atoms with Crippen molar-refractivity contribution in [2.24, 2.45) is 0 Å². The Labute approximate surface area is 139 Å². The van der Waals surface area contributed by atoms with E-state index >= 15 is 0 Å². The third kappa shape index (κ3) is 2.12. The molecule has 0 saturated heterocycles. The van der Waals surface area contributed by atoms with E-state index in [0.717, 1.165) is 4.88 Å². The minimum Gasteiger partial charge on any atom is -0.370 e. The van der Waals surface area contributed by atoms with Gasteiger partial charge in [-0.25, -0.2) is 10.1 Å². The van der Waals surface area contributed by atoms with Gasteiger partial charge in [-0.2, -0.15) is 0 Å². The molecule has 0 amide bonds. The summed E-state index contributed by atoms with van der Waals surface area (Å²) in [4.78, 5) is 9.17. The zero-order valence-electron chi connectivity index (χ0n) is 12.9. The van der Waals surface area contributed by atoms with Gasteiger partial charge in [-0.15, -0.1) is 22.7 Å². The van der Waals surface area contributed by atoms with Gasteiger partial charge < -0.3 is 4.90 Å². The number of rotatable bonds is 2. The van der Waals surface area contributed by atoms with E-state index in [4.69, 9.17) is 11.8 Å². The minimum atomic E-state index is -1.65. The molecule has 0 unspecified atom stereocenters. The Balaban J connectivity index is 2.15. The molecule has 3 rings (SSSR count). The molecule has 0 saturated carbocycles. The van der Waals surface area contributed by atoms with Crippen LogP contribution in [0.1, 0.15) is 4.88 Å². The van der Waals surface area contributed by atoms with E-state index in [2.05, 4.69) is 49.1 Å². The van der Waals surface area contributed by atoms with Crippen LogP contribution in [0.5, 0.6) is 0 Å². The van der Waals surface area contributed by atoms with Crippen LogP contribution in [0, 0.1) is 17.9 Å². The molecule has 110 valence electrons. The normalized spacial score (nSPS) is 14.9. The Bertz CT molecular complexity index is 856. The Morgan fingerprint density at radius 1 is 1.27 bits per heavy atom. The summed E-state index contributed by atoms with van der Waals surface area (Å²) in [6.45, 7) is 11.8. The number of thiophene rings is 2. The van der Waals surface area contributed by atoms with Crippen molar-refractivity contribution in [3.05, 3.63) is 34.1 Å². The van der Waals surface area contributed by atoms with Gasteiger partial charge in [-0.05, 0) is 28.6 Å². The molecule has 0 radical (unpaired) electrons. The number of hydrogen-bond acceptors (Lipinski definition) is 4. The molecular weight excluding hydrogens is 326 g/mol. The zero-order chi connectivity index (χ0) is 16.1. The molecule has 0 atom stereocenters. The molecule has 3 nitrogen and oxygen atoms in total. The molecule has 1 aliphatic heterocycles. The first-order valence-corrected chi connectivity index (χ1v) is 11.5. The molecule has 3 heterocycles. The Hall–Kier alpha value is -1.86. The van der Waals surface area contributed by atoms with Crippen LogP contribution in [0.2, 0.25) is 13.1 Å². The highest BCUT2D eigenvalue weighted by Gasteiger charge is 2.41. The van der Waals surface area contributed by atoms with Gasteiger partial charge in [0.15, 0.2) is 0 Å². The van der Waals surface area contributed by atoms with Crippen LogP contribution in [0.4, 0.5) is 5.00 Å². The fourth-order valence-electron chi connectivity index (χ4n) is 2.71. The largest absolute Gasteiger partial charge is 0.370 e. The quantitative estimate of drug-likeness (QED) is 0.476. The monoisotopic (exact) mass is 341 g/mol. The van der Waals surface area contributed by atoms with Gasteiger partial charge >= 0.3 is 0 Å². The summed E-state index contributed by atoms with van der Waals surface area (Å²) in [5.41, 5.74) is 0.153. The fraction of sp³-hybridized carbons (Fsp3) is 0.250. The molecule has 0 bridgehead atoms. The van der Waals surface area contributed by atoms with Gasteiger partial charge in [0.25, 0.3) is 5.70 Å². The molecule has 1 aliphatic rings. The average Bonchev–Trinajstić information content (AvgIpc) is 3.12. The molecule has 0 aromatic carbocycles. The highest BCUT2D eigenvalue weighted by atomic mass is 32.1. The lowest BCUT2D eigenvalue weighted by Crippen LogP contribution is -2.48. The Morgan fingerprint density at radius 2 is 1.91 bits per heavy atom. The second kappa shape index (κ2) is 5.10. The molecule has 0 N–H and O–H groups in total. The van der Waals surface area contributed by atoms with Crippen LogP contribution in [-0.4, -0.2) is 22.2 Å². The van der Waals surface area contributed by atoms with Crippen molar-refractivity contribution in [1.82, 2.24) is 0 Å². The number of nitriles is 1. The first-order valence-electron chi connectivity index (χ1n) is 6.84. The lowest BCUT2D eigenvalue weighted by Gasteiger charge is -2.16. The van der Waals surface area contributed by atoms with Crippen molar-refractivity contribution in [1.29, 1.82) is 5.26 Å². The average molecular weight is 342 g/mol. The van der Waals surface area contributed by atoms with Crippen LogP contribution < -0.4 is 15.3 Å².